The van der Waals surface area contributed by atoms with Gasteiger partial charge < -0.3 is 14.8 Å². The van der Waals surface area contributed by atoms with Crippen molar-refractivity contribution in [1.29, 1.82) is 0 Å². The molecule has 8 nitrogen and oxygen atoms in total. The third kappa shape index (κ3) is 5.93. The highest BCUT2D eigenvalue weighted by Crippen LogP contribution is 2.25. The predicted octanol–water partition coefficient (Wildman–Crippen LogP) is 1.41. The first-order chi connectivity index (χ1) is 13.2. The molecule has 0 aromatic heterocycles. The molecule has 1 unspecified atom stereocenters. The zero-order valence-electron chi connectivity index (χ0n) is 16.5. The lowest BCUT2D eigenvalue weighted by molar-refractivity contribution is -0.153. The summed E-state index contributed by atoms with van der Waals surface area (Å²) in [6, 6.07) is 6.13. The van der Waals surface area contributed by atoms with Crippen LogP contribution in [-0.4, -0.2) is 58.0 Å². The van der Waals surface area contributed by atoms with Gasteiger partial charge in [0.15, 0.2) is 6.61 Å². The topological polar surface area (TPSA) is 102 Å². The van der Waals surface area contributed by atoms with Crippen LogP contribution in [0, 0.1) is 11.8 Å². The molecule has 0 saturated carbocycles. The number of ether oxygens (including phenoxy) is 2. The molecule has 1 amide bonds. The molecule has 1 aliphatic rings. The van der Waals surface area contributed by atoms with Crippen molar-refractivity contribution >= 4 is 21.9 Å². The number of amides is 1. The summed E-state index contributed by atoms with van der Waals surface area (Å²) in [4.78, 5) is 24.1. The SMILES string of the molecule is COc1ccc(S(=O)(=O)N2CCCC(C(=O)OCC(=O)NCC(C)C)C2)cc1. The van der Waals surface area contributed by atoms with Crippen molar-refractivity contribution in [3.8, 4) is 5.75 Å². The van der Waals surface area contributed by atoms with Crippen molar-refractivity contribution < 1.29 is 27.5 Å². The monoisotopic (exact) mass is 412 g/mol. The average molecular weight is 413 g/mol. The number of carbonyl (C=O) groups excluding carboxylic acids is 2. The Morgan fingerprint density at radius 3 is 2.54 bits per heavy atom. The highest BCUT2D eigenvalue weighted by Gasteiger charge is 2.34. The fourth-order valence-corrected chi connectivity index (χ4v) is 4.40. The highest BCUT2D eigenvalue weighted by atomic mass is 32.2. The second-order valence-electron chi connectivity index (χ2n) is 7.18. The molecule has 1 aromatic rings. The second kappa shape index (κ2) is 9.88. The number of sulfonamides is 1. The number of nitrogens with one attached hydrogen (secondary N) is 1. The van der Waals surface area contributed by atoms with E-state index in [9.17, 15) is 18.0 Å². The number of esters is 1. The molecule has 1 fully saturated rings. The largest absolute Gasteiger partial charge is 0.497 e. The van der Waals surface area contributed by atoms with Gasteiger partial charge in [-0.1, -0.05) is 13.8 Å². The number of hydrogen-bond donors (Lipinski definition) is 1. The Labute approximate surface area is 166 Å². The lowest BCUT2D eigenvalue weighted by atomic mass is 10.00. The Balaban J connectivity index is 1.94. The van der Waals surface area contributed by atoms with Crippen LogP contribution in [0.3, 0.4) is 0 Å². The van der Waals surface area contributed by atoms with Gasteiger partial charge in [0.25, 0.3) is 5.91 Å². The van der Waals surface area contributed by atoms with Crippen molar-refractivity contribution in [2.75, 3.05) is 33.4 Å². The summed E-state index contributed by atoms with van der Waals surface area (Å²) in [6.07, 6.45) is 1.08. The number of piperidine rings is 1. The van der Waals surface area contributed by atoms with Gasteiger partial charge >= 0.3 is 5.97 Å². The summed E-state index contributed by atoms with van der Waals surface area (Å²) in [6.45, 7) is 4.47. The van der Waals surface area contributed by atoms with E-state index in [1.165, 1.54) is 23.5 Å². The van der Waals surface area contributed by atoms with Crippen molar-refractivity contribution in [2.24, 2.45) is 11.8 Å². The summed E-state index contributed by atoms with van der Waals surface area (Å²) >= 11 is 0. The summed E-state index contributed by atoms with van der Waals surface area (Å²) in [5.41, 5.74) is 0. The normalized spacial score (nSPS) is 17.9. The molecule has 1 atom stereocenters. The van der Waals surface area contributed by atoms with E-state index >= 15 is 0 Å². The number of hydrogen-bond acceptors (Lipinski definition) is 6. The van der Waals surface area contributed by atoms with E-state index in [1.807, 2.05) is 13.8 Å². The number of methoxy groups -OCH3 is 1. The smallest absolute Gasteiger partial charge is 0.310 e. The van der Waals surface area contributed by atoms with Gasteiger partial charge in [-0.2, -0.15) is 4.31 Å². The Morgan fingerprint density at radius 1 is 1.25 bits per heavy atom. The van der Waals surface area contributed by atoms with Crippen LogP contribution < -0.4 is 10.1 Å². The first-order valence-electron chi connectivity index (χ1n) is 9.31. The Hall–Kier alpha value is -2.13. The van der Waals surface area contributed by atoms with Crippen molar-refractivity contribution in [3.63, 3.8) is 0 Å². The summed E-state index contributed by atoms with van der Waals surface area (Å²) in [7, 11) is -2.20. The van der Waals surface area contributed by atoms with Crippen LogP contribution in [0.4, 0.5) is 0 Å². The fourth-order valence-electron chi connectivity index (χ4n) is 2.87. The van der Waals surface area contributed by atoms with Gasteiger partial charge in [-0.05, 0) is 43.0 Å². The maximum absolute atomic E-state index is 12.8. The Bertz CT molecular complexity index is 776. The van der Waals surface area contributed by atoms with Crippen LogP contribution >= 0.6 is 0 Å². The van der Waals surface area contributed by atoms with Crippen LogP contribution in [0.1, 0.15) is 26.7 Å². The van der Waals surface area contributed by atoms with E-state index < -0.39 is 21.9 Å². The third-order valence-corrected chi connectivity index (χ3v) is 6.35. The van der Waals surface area contributed by atoms with E-state index in [-0.39, 0.29) is 24.0 Å². The van der Waals surface area contributed by atoms with E-state index in [1.54, 1.807) is 12.1 Å². The molecule has 2 rings (SSSR count). The minimum absolute atomic E-state index is 0.0425. The molecule has 0 aliphatic carbocycles. The van der Waals surface area contributed by atoms with Crippen LogP contribution in [0.25, 0.3) is 0 Å². The quantitative estimate of drug-likeness (QED) is 0.648. The molecule has 1 saturated heterocycles. The van der Waals surface area contributed by atoms with Crippen LogP contribution in [-0.2, 0) is 24.3 Å². The van der Waals surface area contributed by atoms with Gasteiger partial charge in [0.2, 0.25) is 10.0 Å². The lowest BCUT2D eigenvalue weighted by Gasteiger charge is -2.30. The van der Waals surface area contributed by atoms with Crippen molar-refractivity contribution in [3.05, 3.63) is 24.3 Å². The van der Waals surface area contributed by atoms with Gasteiger partial charge in [0.1, 0.15) is 5.75 Å². The number of benzene rings is 1. The van der Waals surface area contributed by atoms with Crippen molar-refractivity contribution in [2.45, 2.75) is 31.6 Å². The molecule has 1 heterocycles. The van der Waals surface area contributed by atoms with Crippen LogP contribution in [0.2, 0.25) is 0 Å². The third-order valence-electron chi connectivity index (χ3n) is 4.47. The van der Waals surface area contributed by atoms with E-state index in [2.05, 4.69) is 5.32 Å². The molecule has 0 bridgehead atoms. The minimum atomic E-state index is -3.71. The van der Waals surface area contributed by atoms with Gasteiger partial charge in [-0.25, -0.2) is 8.42 Å². The van der Waals surface area contributed by atoms with E-state index in [4.69, 9.17) is 9.47 Å². The number of carbonyl (C=O) groups is 2. The highest BCUT2D eigenvalue weighted by molar-refractivity contribution is 7.89. The summed E-state index contributed by atoms with van der Waals surface area (Å²) in [5, 5.41) is 2.67. The first kappa shape index (κ1) is 22.2. The number of nitrogens with zero attached hydrogens (tertiary/aromatic N) is 1. The van der Waals surface area contributed by atoms with E-state index in [0.29, 0.717) is 37.6 Å². The van der Waals surface area contributed by atoms with Gasteiger partial charge in [0, 0.05) is 19.6 Å². The van der Waals surface area contributed by atoms with Gasteiger partial charge in [-0.3, -0.25) is 9.59 Å². The van der Waals surface area contributed by atoms with E-state index in [0.717, 1.165) is 0 Å². The fraction of sp³-hybridized carbons (Fsp3) is 0.579. The zero-order chi connectivity index (χ0) is 20.7. The molecule has 1 N–H and O–H groups in total. The maximum Gasteiger partial charge on any atom is 0.310 e. The minimum Gasteiger partial charge on any atom is -0.497 e. The summed E-state index contributed by atoms with van der Waals surface area (Å²) < 4.78 is 37.1. The van der Waals surface area contributed by atoms with Crippen LogP contribution in [0.15, 0.2) is 29.2 Å². The second-order valence-corrected chi connectivity index (χ2v) is 9.12. The van der Waals surface area contributed by atoms with Gasteiger partial charge in [0.05, 0.1) is 17.9 Å². The Kier molecular flexibility index (Phi) is 7.82. The number of rotatable bonds is 8. The molecule has 28 heavy (non-hydrogen) atoms. The lowest BCUT2D eigenvalue weighted by Crippen LogP contribution is -2.43. The average Bonchev–Trinajstić information content (AvgIpc) is 2.70. The molecule has 0 radical (unpaired) electrons. The standard InChI is InChI=1S/C19H28N2O6S/c1-14(2)11-20-18(22)13-27-19(23)15-5-4-10-21(12-15)28(24,25)17-8-6-16(26-3)7-9-17/h6-9,14-15H,4-5,10-13H2,1-3H3,(H,20,22). The molecular weight excluding hydrogens is 384 g/mol. The zero-order valence-corrected chi connectivity index (χ0v) is 17.3. The molecule has 1 aromatic carbocycles. The van der Waals surface area contributed by atoms with Crippen molar-refractivity contribution in [1.82, 2.24) is 9.62 Å². The summed E-state index contributed by atoms with van der Waals surface area (Å²) in [5.74, 6) is -0.626. The molecule has 1 aliphatic heterocycles. The maximum atomic E-state index is 12.8. The first-order valence-corrected chi connectivity index (χ1v) is 10.8. The van der Waals surface area contributed by atoms with Crippen LogP contribution in [0.5, 0.6) is 5.75 Å². The predicted molar refractivity (Wildman–Crippen MR) is 103 cm³/mol. The molecular formula is C19H28N2O6S. The Morgan fingerprint density at radius 2 is 1.93 bits per heavy atom. The molecule has 0 spiro atoms. The molecule has 9 heteroatoms. The molecule has 156 valence electrons. The van der Waals surface area contributed by atoms with Gasteiger partial charge in [-0.15, -0.1) is 0 Å².